The quantitative estimate of drug-likeness (QED) is 0.865. The predicted octanol–water partition coefficient (Wildman–Crippen LogP) is 3.04. The van der Waals surface area contributed by atoms with Crippen LogP contribution in [0.25, 0.3) is 0 Å². The van der Waals surface area contributed by atoms with Gasteiger partial charge in [-0.05, 0) is 43.2 Å². The molecule has 2 aromatic rings. The summed E-state index contributed by atoms with van der Waals surface area (Å²) in [7, 11) is 0. The highest BCUT2D eigenvalue weighted by atomic mass is 16.5. The van der Waals surface area contributed by atoms with E-state index in [1.165, 1.54) is 0 Å². The lowest BCUT2D eigenvalue weighted by atomic mass is 9.90. The Morgan fingerprint density at radius 2 is 1.58 bits per heavy atom. The van der Waals surface area contributed by atoms with Gasteiger partial charge in [-0.25, -0.2) is 0 Å². The van der Waals surface area contributed by atoms with Crippen LogP contribution in [0.3, 0.4) is 0 Å². The van der Waals surface area contributed by atoms with E-state index in [0.717, 1.165) is 17.1 Å². The zero-order chi connectivity index (χ0) is 13.7. The number of hydrogen-bond acceptors (Lipinski definition) is 3. The molecule has 0 aliphatic carbocycles. The molecule has 3 nitrogen and oxygen atoms in total. The lowest BCUT2D eigenvalue weighted by Gasteiger charge is -2.24. The molecule has 0 heterocycles. The topological polar surface area (TPSA) is 55.5 Å². The maximum Gasteiger partial charge on any atom is 0.127 e. The van der Waals surface area contributed by atoms with E-state index in [9.17, 15) is 0 Å². The van der Waals surface area contributed by atoms with Gasteiger partial charge in [-0.15, -0.1) is 0 Å². The van der Waals surface area contributed by atoms with Crippen molar-refractivity contribution in [1.29, 1.82) is 0 Å². The van der Waals surface area contributed by atoms with E-state index in [1.54, 1.807) is 0 Å². The Morgan fingerprint density at radius 1 is 1.00 bits per heavy atom. The first-order valence-electron chi connectivity index (χ1n) is 6.35. The molecule has 3 N–H and O–H groups in total. The number of nitrogens with two attached hydrogens (primary N) is 1. The Labute approximate surface area is 113 Å². The molecule has 0 aliphatic heterocycles. The number of benzene rings is 2. The largest absolute Gasteiger partial charge is 0.457 e. The molecule has 3 heteroatoms. The maximum absolute atomic E-state index is 9.01. The van der Waals surface area contributed by atoms with Crippen molar-refractivity contribution in [3.63, 3.8) is 0 Å². The molecular weight excluding hydrogens is 238 g/mol. The third-order valence-corrected chi connectivity index (χ3v) is 3.12. The van der Waals surface area contributed by atoms with Crippen LogP contribution in [0, 0.1) is 0 Å². The second-order valence-corrected chi connectivity index (χ2v) is 4.83. The van der Waals surface area contributed by atoms with E-state index in [0.29, 0.717) is 6.42 Å². The Kier molecular flexibility index (Phi) is 4.20. The standard InChI is InChI=1S/C16H19NO2/c1-16(17,11-12-18)13-7-9-15(10-8-13)19-14-5-3-2-4-6-14/h2-10,18H,11-12,17H2,1H3. The van der Waals surface area contributed by atoms with Gasteiger partial charge in [-0.3, -0.25) is 0 Å². The van der Waals surface area contributed by atoms with Crippen LogP contribution < -0.4 is 10.5 Å². The SMILES string of the molecule is CC(N)(CCO)c1ccc(Oc2ccccc2)cc1. The number of hydrogen-bond donors (Lipinski definition) is 2. The van der Waals surface area contributed by atoms with Crippen LogP contribution in [0.4, 0.5) is 0 Å². The van der Waals surface area contributed by atoms with Gasteiger partial charge in [0, 0.05) is 12.1 Å². The Hall–Kier alpha value is -1.84. The fraction of sp³-hybridized carbons (Fsp3) is 0.250. The highest BCUT2D eigenvalue weighted by Gasteiger charge is 2.20. The van der Waals surface area contributed by atoms with E-state index in [2.05, 4.69) is 0 Å². The van der Waals surface area contributed by atoms with Gasteiger partial charge in [0.25, 0.3) is 0 Å². The molecule has 0 spiro atoms. The second kappa shape index (κ2) is 5.87. The molecule has 100 valence electrons. The summed E-state index contributed by atoms with van der Waals surface area (Å²) in [5.41, 5.74) is 6.62. The van der Waals surface area contributed by atoms with Crippen LogP contribution >= 0.6 is 0 Å². The first-order valence-corrected chi connectivity index (χ1v) is 6.35. The Balaban J connectivity index is 2.11. The van der Waals surface area contributed by atoms with Crippen molar-refractivity contribution in [2.75, 3.05) is 6.61 Å². The molecule has 0 radical (unpaired) electrons. The number of ether oxygens (including phenoxy) is 1. The number of para-hydroxylation sites is 1. The Bertz CT molecular complexity index is 506. The van der Waals surface area contributed by atoms with E-state index in [4.69, 9.17) is 15.6 Å². The molecular formula is C16H19NO2. The molecule has 2 rings (SSSR count). The van der Waals surface area contributed by atoms with Gasteiger partial charge < -0.3 is 15.6 Å². The van der Waals surface area contributed by atoms with Crippen LogP contribution in [0.2, 0.25) is 0 Å². The van der Waals surface area contributed by atoms with Crippen LogP contribution in [0.15, 0.2) is 54.6 Å². The van der Waals surface area contributed by atoms with E-state index in [1.807, 2.05) is 61.5 Å². The summed E-state index contributed by atoms with van der Waals surface area (Å²) in [5.74, 6) is 1.58. The van der Waals surface area contributed by atoms with Gasteiger partial charge in [-0.1, -0.05) is 30.3 Å². The lowest BCUT2D eigenvalue weighted by molar-refractivity contribution is 0.247. The number of aliphatic hydroxyl groups is 1. The first kappa shape index (κ1) is 13.6. The second-order valence-electron chi connectivity index (χ2n) is 4.83. The highest BCUT2D eigenvalue weighted by molar-refractivity contribution is 5.35. The highest BCUT2D eigenvalue weighted by Crippen LogP contribution is 2.26. The van der Waals surface area contributed by atoms with Crippen molar-refractivity contribution in [2.45, 2.75) is 18.9 Å². The molecule has 0 saturated heterocycles. The molecule has 0 bridgehead atoms. The van der Waals surface area contributed by atoms with E-state index in [-0.39, 0.29) is 6.61 Å². The van der Waals surface area contributed by atoms with Gasteiger partial charge in [0.05, 0.1) is 0 Å². The third kappa shape index (κ3) is 3.56. The monoisotopic (exact) mass is 257 g/mol. The van der Waals surface area contributed by atoms with Crippen molar-refractivity contribution >= 4 is 0 Å². The molecule has 1 unspecified atom stereocenters. The zero-order valence-corrected chi connectivity index (χ0v) is 11.0. The fourth-order valence-corrected chi connectivity index (χ4v) is 1.90. The van der Waals surface area contributed by atoms with Crippen molar-refractivity contribution in [2.24, 2.45) is 5.73 Å². The average molecular weight is 257 g/mol. The average Bonchev–Trinajstić information content (AvgIpc) is 2.40. The van der Waals surface area contributed by atoms with Crippen LogP contribution in [-0.4, -0.2) is 11.7 Å². The molecule has 1 atom stereocenters. The summed E-state index contributed by atoms with van der Waals surface area (Å²) in [5, 5.41) is 9.01. The molecule has 0 aromatic heterocycles. The third-order valence-electron chi connectivity index (χ3n) is 3.12. The molecule has 0 saturated carbocycles. The molecule has 0 amide bonds. The van der Waals surface area contributed by atoms with Crippen molar-refractivity contribution in [1.82, 2.24) is 0 Å². The predicted molar refractivity (Wildman–Crippen MR) is 76.2 cm³/mol. The first-order chi connectivity index (χ1) is 9.12. The van der Waals surface area contributed by atoms with Crippen molar-refractivity contribution < 1.29 is 9.84 Å². The normalized spacial score (nSPS) is 13.8. The Morgan fingerprint density at radius 3 is 2.16 bits per heavy atom. The number of aliphatic hydroxyl groups excluding tert-OH is 1. The molecule has 0 fully saturated rings. The summed E-state index contributed by atoms with van der Waals surface area (Å²) in [6, 6.07) is 17.3. The van der Waals surface area contributed by atoms with Crippen LogP contribution in [0.1, 0.15) is 18.9 Å². The minimum absolute atomic E-state index is 0.0786. The molecule has 19 heavy (non-hydrogen) atoms. The minimum atomic E-state index is -0.514. The van der Waals surface area contributed by atoms with E-state index >= 15 is 0 Å². The zero-order valence-electron chi connectivity index (χ0n) is 11.0. The lowest BCUT2D eigenvalue weighted by Crippen LogP contribution is -2.33. The van der Waals surface area contributed by atoms with Crippen molar-refractivity contribution in [3.05, 3.63) is 60.2 Å². The van der Waals surface area contributed by atoms with E-state index < -0.39 is 5.54 Å². The molecule has 2 aromatic carbocycles. The smallest absolute Gasteiger partial charge is 0.127 e. The summed E-state index contributed by atoms with van der Waals surface area (Å²) in [4.78, 5) is 0. The summed E-state index contributed by atoms with van der Waals surface area (Å²) in [6.07, 6.45) is 0.534. The van der Waals surface area contributed by atoms with Crippen LogP contribution in [-0.2, 0) is 5.54 Å². The molecule has 0 aliphatic rings. The number of rotatable bonds is 5. The summed E-state index contributed by atoms with van der Waals surface area (Å²) >= 11 is 0. The van der Waals surface area contributed by atoms with Gasteiger partial charge in [0.2, 0.25) is 0 Å². The van der Waals surface area contributed by atoms with Gasteiger partial charge >= 0.3 is 0 Å². The van der Waals surface area contributed by atoms with Gasteiger partial charge in [-0.2, -0.15) is 0 Å². The maximum atomic E-state index is 9.01. The summed E-state index contributed by atoms with van der Waals surface area (Å²) in [6.45, 7) is 1.99. The summed E-state index contributed by atoms with van der Waals surface area (Å²) < 4.78 is 5.72. The van der Waals surface area contributed by atoms with Crippen molar-refractivity contribution in [3.8, 4) is 11.5 Å². The van der Waals surface area contributed by atoms with Gasteiger partial charge in [0.1, 0.15) is 11.5 Å². The van der Waals surface area contributed by atoms with Gasteiger partial charge in [0.15, 0.2) is 0 Å². The van der Waals surface area contributed by atoms with Crippen LogP contribution in [0.5, 0.6) is 11.5 Å². The minimum Gasteiger partial charge on any atom is -0.457 e. The fourth-order valence-electron chi connectivity index (χ4n) is 1.90.